The Kier molecular flexibility index (Phi) is 6.21. The topological polar surface area (TPSA) is 93.9 Å². The van der Waals surface area contributed by atoms with Crippen LogP contribution in [0.15, 0.2) is 36.4 Å². The maximum atomic E-state index is 12.7. The van der Waals surface area contributed by atoms with Crippen molar-refractivity contribution in [3.63, 3.8) is 0 Å². The van der Waals surface area contributed by atoms with Crippen LogP contribution >= 0.6 is 0 Å². The number of benzene rings is 2. The highest BCUT2D eigenvalue weighted by Crippen LogP contribution is 2.32. The van der Waals surface area contributed by atoms with Gasteiger partial charge in [-0.25, -0.2) is 0 Å². The summed E-state index contributed by atoms with van der Waals surface area (Å²) in [6, 6.07) is 9.74. The highest BCUT2D eigenvalue weighted by atomic mass is 16.6. The van der Waals surface area contributed by atoms with E-state index >= 15 is 0 Å². The minimum Gasteiger partial charge on any atom is -0.493 e. The number of nitro benzene ring substituents is 1. The number of methoxy groups -OCH3 is 2. The molecule has 0 aromatic heterocycles. The summed E-state index contributed by atoms with van der Waals surface area (Å²) in [6.07, 6.45) is 2.03. The van der Waals surface area contributed by atoms with E-state index in [9.17, 15) is 14.9 Å². The van der Waals surface area contributed by atoms with Gasteiger partial charge in [0.15, 0.2) is 11.5 Å². The maximum Gasteiger partial charge on any atom is 0.293 e. The number of nitrogens with zero attached hydrogens (tertiary/aromatic N) is 2. The standard InChI is InChI=1S/C21H25N3O5/c1-14(15-7-9-19(28-2)20(13-15)29-3)22-21(25)16-6-8-17(18(12-16)24(26)27)23-10-4-5-11-23/h6-9,12-14H,4-5,10-11H2,1-3H3,(H,22,25). The van der Waals surface area contributed by atoms with Gasteiger partial charge in [0.25, 0.3) is 11.6 Å². The van der Waals surface area contributed by atoms with Crippen molar-refractivity contribution < 1.29 is 19.2 Å². The van der Waals surface area contributed by atoms with Gasteiger partial charge in [-0.05, 0) is 49.6 Å². The van der Waals surface area contributed by atoms with E-state index in [2.05, 4.69) is 5.32 Å². The monoisotopic (exact) mass is 399 g/mol. The van der Waals surface area contributed by atoms with Crippen molar-refractivity contribution >= 4 is 17.3 Å². The van der Waals surface area contributed by atoms with Gasteiger partial charge in [-0.1, -0.05) is 6.07 Å². The van der Waals surface area contributed by atoms with Gasteiger partial charge < -0.3 is 19.7 Å². The Morgan fingerprint density at radius 2 is 1.79 bits per heavy atom. The van der Waals surface area contributed by atoms with E-state index < -0.39 is 4.92 Å². The summed E-state index contributed by atoms with van der Waals surface area (Å²) >= 11 is 0. The first-order valence-electron chi connectivity index (χ1n) is 9.50. The van der Waals surface area contributed by atoms with Gasteiger partial charge in [-0.3, -0.25) is 14.9 Å². The van der Waals surface area contributed by atoms with Gasteiger partial charge in [0.1, 0.15) is 5.69 Å². The third-order valence-electron chi connectivity index (χ3n) is 5.14. The van der Waals surface area contributed by atoms with E-state index in [1.165, 1.54) is 6.07 Å². The average molecular weight is 399 g/mol. The molecule has 154 valence electrons. The van der Waals surface area contributed by atoms with Crippen molar-refractivity contribution in [1.82, 2.24) is 5.32 Å². The summed E-state index contributed by atoms with van der Waals surface area (Å²) in [5, 5.41) is 14.4. The third kappa shape index (κ3) is 4.42. The molecule has 1 amide bonds. The lowest BCUT2D eigenvalue weighted by atomic mass is 10.1. The Hall–Kier alpha value is -3.29. The molecule has 1 heterocycles. The molecule has 1 saturated heterocycles. The quantitative estimate of drug-likeness (QED) is 0.564. The molecule has 0 radical (unpaired) electrons. The molecule has 8 heteroatoms. The molecule has 0 bridgehead atoms. The summed E-state index contributed by atoms with van der Waals surface area (Å²) < 4.78 is 10.5. The first-order valence-corrected chi connectivity index (χ1v) is 9.50. The molecule has 1 atom stereocenters. The predicted molar refractivity (Wildman–Crippen MR) is 110 cm³/mol. The van der Waals surface area contributed by atoms with Gasteiger partial charge in [0.2, 0.25) is 0 Å². The molecule has 0 saturated carbocycles. The summed E-state index contributed by atoms with van der Waals surface area (Å²) in [5.41, 5.74) is 1.61. The fourth-order valence-electron chi connectivity index (χ4n) is 3.52. The van der Waals surface area contributed by atoms with Gasteiger partial charge in [0.05, 0.1) is 25.2 Å². The van der Waals surface area contributed by atoms with Crippen molar-refractivity contribution in [2.75, 3.05) is 32.2 Å². The van der Waals surface area contributed by atoms with Crippen LogP contribution in [0.25, 0.3) is 0 Å². The average Bonchev–Trinajstić information content (AvgIpc) is 3.27. The molecule has 1 N–H and O–H groups in total. The van der Waals surface area contributed by atoms with Crippen LogP contribution < -0.4 is 19.7 Å². The first kappa shape index (κ1) is 20.4. The van der Waals surface area contributed by atoms with E-state index in [1.54, 1.807) is 38.5 Å². The van der Waals surface area contributed by atoms with Crippen LogP contribution in [0.5, 0.6) is 11.5 Å². The molecular formula is C21H25N3O5. The number of anilines is 1. The summed E-state index contributed by atoms with van der Waals surface area (Å²) in [5.74, 6) is 0.794. The van der Waals surface area contributed by atoms with Crippen LogP contribution in [0.4, 0.5) is 11.4 Å². The van der Waals surface area contributed by atoms with Crippen molar-refractivity contribution in [3.05, 3.63) is 57.6 Å². The molecule has 1 aliphatic rings. The zero-order valence-electron chi connectivity index (χ0n) is 16.8. The fourth-order valence-corrected chi connectivity index (χ4v) is 3.52. The number of carbonyl (C=O) groups excluding carboxylic acids is 1. The minimum absolute atomic E-state index is 0.0432. The number of amides is 1. The first-order chi connectivity index (χ1) is 13.9. The van der Waals surface area contributed by atoms with Crippen LogP contribution in [0.2, 0.25) is 0 Å². The summed E-state index contributed by atoms with van der Waals surface area (Å²) in [6.45, 7) is 3.43. The molecule has 1 aliphatic heterocycles. The van der Waals surface area contributed by atoms with Gasteiger partial charge >= 0.3 is 0 Å². The largest absolute Gasteiger partial charge is 0.493 e. The second-order valence-electron chi connectivity index (χ2n) is 6.96. The van der Waals surface area contributed by atoms with Crippen molar-refractivity contribution in [2.45, 2.75) is 25.8 Å². The van der Waals surface area contributed by atoms with Crippen LogP contribution in [-0.4, -0.2) is 38.1 Å². The van der Waals surface area contributed by atoms with Crippen LogP contribution in [0.3, 0.4) is 0 Å². The Bertz CT molecular complexity index is 909. The third-order valence-corrected chi connectivity index (χ3v) is 5.14. The molecule has 0 aliphatic carbocycles. The number of nitrogens with one attached hydrogen (secondary N) is 1. The molecule has 0 spiro atoms. The van der Waals surface area contributed by atoms with Gasteiger partial charge in [0, 0.05) is 24.7 Å². The van der Waals surface area contributed by atoms with Gasteiger partial charge in [-0.15, -0.1) is 0 Å². The molecule has 8 nitrogen and oxygen atoms in total. The molecule has 29 heavy (non-hydrogen) atoms. The molecule has 1 fully saturated rings. The number of nitro groups is 1. The molecular weight excluding hydrogens is 374 g/mol. The number of hydrogen-bond acceptors (Lipinski definition) is 6. The zero-order chi connectivity index (χ0) is 21.0. The minimum atomic E-state index is -0.428. The van der Waals surface area contributed by atoms with Crippen molar-refractivity contribution in [2.24, 2.45) is 0 Å². The van der Waals surface area contributed by atoms with E-state index in [0.717, 1.165) is 31.5 Å². The lowest BCUT2D eigenvalue weighted by Gasteiger charge is -2.19. The Morgan fingerprint density at radius 1 is 1.10 bits per heavy atom. The SMILES string of the molecule is COc1ccc(C(C)NC(=O)c2ccc(N3CCCC3)c([N+](=O)[O-])c2)cc1OC. The normalized spacial score (nSPS) is 14.4. The number of rotatable bonds is 7. The number of ether oxygens (including phenoxy) is 2. The van der Waals surface area contributed by atoms with Crippen molar-refractivity contribution in [1.29, 1.82) is 0 Å². The number of hydrogen-bond donors (Lipinski definition) is 1. The highest BCUT2D eigenvalue weighted by Gasteiger charge is 2.24. The lowest BCUT2D eigenvalue weighted by Crippen LogP contribution is -2.27. The van der Waals surface area contributed by atoms with Crippen molar-refractivity contribution in [3.8, 4) is 11.5 Å². The zero-order valence-corrected chi connectivity index (χ0v) is 16.8. The Balaban J connectivity index is 1.79. The number of carbonyl (C=O) groups is 1. The Morgan fingerprint density at radius 3 is 2.41 bits per heavy atom. The summed E-state index contributed by atoms with van der Waals surface area (Å²) in [4.78, 5) is 25.8. The van der Waals surface area contributed by atoms with Gasteiger partial charge in [-0.2, -0.15) is 0 Å². The van der Waals surface area contributed by atoms with Crippen LogP contribution in [-0.2, 0) is 0 Å². The maximum absolute atomic E-state index is 12.7. The highest BCUT2D eigenvalue weighted by molar-refractivity contribution is 5.96. The predicted octanol–water partition coefficient (Wildman–Crippen LogP) is 3.70. The molecule has 1 unspecified atom stereocenters. The Labute approximate surface area is 169 Å². The molecule has 2 aromatic rings. The van der Waals surface area contributed by atoms with E-state index in [4.69, 9.17) is 9.47 Å². The smallest absolute Gasteiger partial charge is 0.293 e. The van der Waals surface area contributed by atoms with E-state index in [-0.39, 0.29) is 23.2 Å². The van der Waals surface area contributed by atoms with Crippen LogP contribution in [0.1, 0.15) is 41.7 Å². The lowest BCUT2D eigenvalue weighted by molar-refractivity contribution is -0.384. The summed E-state index contributed by atoms with van der Waals surface area (Å²) in [7, 11) is 3.10. The van der Waals surface area contributed by atoms with Crippen LogP contribution in [0, 0.1) is 10.1 Å². The fraction of sp³-hybridized carbons (Fsp3) is 0.381. The molecule has 2 aromatic carbocycles. The second-order valence-corrected chi connectivity index (χ2v) is 6.96. The molecule has 3 rings (SSSR count). The van der Waals surface area contributed by atoms with E-state index in [1.807, 2.05) is 17.9 Å². The van der Waals surface area contributed by atoms with E-state index in [0.29, 0.717) is 17.2 Å². The second kappa shape index (κ2) is 8.81.